The topological polar surface area (TPSA) is 131 Å². The predicted molar refractivity (Wildman–Crippen MR) is 122 cm³/mol. The SMILES string of the molecule is COc1ccccc1C(=O)NC1CCN(CCCNc2ncccc2C#N)CC1OC.O. The monoisotopic (exact) mass is 441 g/mol. The summed E-state index contributed by atoms with van der Waals surface area (Å²) in [6, 6.07) is 12.8. The molecule has 1 aromatic carbocycles. The smallest absolute Gasteiger partial charge is 0.255 e. The van der Waals surface area contributed by atoms with E-state index in [1.807, 2.05) is 12.1 Å². The van der Waals surface area contributed by atoms with Crippen molar-refractivity contribution < 1.29 is 19.7 Å². The normalized spacial score (nSPS) is 18.2. The zero-order chi connectivity index (χ0) is 22.1. The van der Waals surface area contributed by atoms with Crippen molar-refractivity contribution in [2.75, 3.05) is 45.7 Å². The van der Waals surface area contributed by atoms with Gasteiger partial charge in [-0.2, -0.15) is 5.26 Å². The first kappa shape index (κ1) is 25.1. The van der Waals surface area contributed by atoms with Crippen LogP contribution in [-0.2, 0) is 4.74 Å². The molecule has 0 bridgehead atoms. The summed E-state index contributed by atoms with van der Waals surface area (Å²) in [5, 5.41) is 15.5. The van der Waals surface area contributed by atoms with Gasteiger partial charge in [0.1, 0.15) is 17.6 Å². The van der Waals surface area contributed by atoms with E-state index in [9.17, 15) is 4.79 Å². The first-order valence-electron chi connectivity index (χ1n) is 10.4. The van der Waals surface area contributed by atoms with E-state index in [0.29, 0.717) is 22.7 Å². The minimum atomic E-state index is -0.147. The number of pyridine rings is 1. The number of carbonyl (C=O) groups is 1. The van der Waals surface area contributed by atoms with Crippen molar-refractivity contribution >= 4 is 11.7 Å². The minimum absolute atomic E-state index is 0. The Bertz CT molecular complexity index is 917. The molecule has 172 valence electrons. The third kappa shape index (κ3) is 6.40. The molecule has 0 saturated carbocycles. The molecule has 3 rings (SSSR count). The molecule has 2 atom stereocenters. The largest absolute Gasteiger partial charge is 0.496 e. The highest BCUT2D eigenvalue weighted by Crippen LogP contribution is 2.19. The van der Waals surface area contributed by atoms with Crippen LogP contribution in [0.3, 0.4) is 0 Å². The number of para-hydroxylation sites is 1. The number of piperidine rings is 1. The van der Waals surface area contributed by atoms with E-state index in [0.717, 1.165) is 39.0 Å². The second-order valence-corrected chi connectivity index (χ2v) is 7.44. The van der Waals surface area contributed by atoms with Gasteiger partial charge in [0.25, 0.3) is 5.91 Å². The molecule has 2 unspecified atom stereocenters. The van der Waals surface area contributed by atoms with Crippen molar-refractivity contribution in [3.8, 4) is 11.8 Å². The van der Waals surface area contributed by atoms with Gasteiger partial charge in [-0.05, 0) is 43.7 Å². The molecule has 9 nitrogen and oxygen atoms in total. The fraction of sp³-hybridized carbons (Fsp3) is 0.435. The number of nitrogens with zero attached hydrogens (tertiary/aromatic N) is 3. The molecule has 2 aromatic rings. The summed E-state index contributed by atoms with van der Waals surface area (Å²) in [5.74, 6) is 1.04. The van der Waals surface area contributed by atoms with Gasteiger partial charge in [-0.25, -0.2) is 4.98 Å². The number of rotatable bonds is 9. The lowest BCUT2D eigenvalue weighted by molar-refractivity contribution is 0.00638. The average molecular weight is 442 g/mol. The van der Waals surface area contributed by atoms with Crippen molar-refractivity contribution in [1.29, 1.82) is 5.26 Å². The van der Waals surface area contributed by atoms with E-state index < -0.39 is 0 Å². The number of likely N-dealkylation sites (tertiary alicyclic amines) is 1. The van der Waals surface area contributed by atoms with Crippen LogP contribution in [0.15, 0.2) is 42.6 Å². The van der Waals surface area contributed by atoms with Crippen LogP contribution >= 0.6 is 0 Å². The molecule has 0 radical (unpaired) electrons. The van der Waals surface area contributed by atoms with Gasteiger partial charge in [0.2, 0.25) is 0 Å². The standard InChI is InChI=1S/C23H29N5O3.H2O/c1-30-20-9-4-3-8-18(20)23(29)27-19-10-14-28(16-21(19)31-2)13-6-12-26-22-17(15-24)7-5-11-25-22;/h3-5,7-9,11,19,21H,6,10,12-14,16H2,1-2H3,(H,25,26)(H,27,29);1H2. The van der Waals surface area contributed by atoms with Crippen molar-refractivity contribution in [2.24, 2.45) is 0 Å². The first-order chi connectivity index (χ1) is 15.2. The highest BCUT2D eigenvalue weighted by Gasteiger charge is 2.30. The molecule has 1 aliphatic rings. The van der Waals surface area contributed by atoms with Crippen LogP contribution in [0.25, 0.3) is 0 Å². The Kier molecular flexibility index (Phi) is 9.88. The quantitative estimate of drug-likeness (QED) is 0.563. The van der Waals surface area contributed by atoms with Gasteiger partial charge in [0, 0.05) is 32.9 Å². The highest BCUT2D eigenvalue weighted by molar-refractivity contribution is 5.97. The third-order valence-electron chi connectivity index (χ3n) is 5.49. The van der Waals surface area contributed by atoms with Gasteiger partial charge < -0.3 is 30.5 Å². The van der Waals surface area contributed by atoms with E-state index >= 15 is 0 Å². The molecule has 1 fully saturated rings. The number of ether oxygens (including phenoxy) is 2. The van der Waals surface area contributed by atoms with Crippen LogP contribution in [0.1, 0.15) is 28.8 Å². The molecule has 0 aliphatic carbocycles. The fourth-order valence-corrected chi connectivity index (χ4v) is 3.81. The molecule has 1 saturated heterocycles. The zero-order valence-electron chi connectivity index (χ0n) is 18.5. The van der Waals surface area contributed by atoms with Crippen LogP contribution in [0.5, 0.6) is 5.75 Å². The van der Waals surface area contributed by atoms with Gasteiger partial charge in [-0.15, -0.1) is 0 Å². The summed E-state index contributed by atoms with van der Waals surface area (Å²) in [4.78, 5) is 19.3. The molecule has 0 spiro atoms. The van der Waals surface area contributed by atoms with Crippen LogP contribution in [0.2, 0.25) is 0 Å². The van der Waals surface area contributed by atoms with Crippen LogP contribution in [0.4, 0.5) is 5.82 Å². The molecule has 1 amide bonds. The number of amides is 1. The maximum atomic E-state index is 12.7. The first-order valence-corrected chi connectivity index (χ1v) is 10.4. The number of aromatic nitrogens is 1. The molecular formula is C23H31N5O4. The maximum Gasteiger partial charge on any atom is 0.255 e. The third-order valence-corrected chi connectivity index (χ3v) is 5.49. The number of hydrogen-bond donors (Lipinski definition) is 2. The van der Waals surface area contributed by atoms with Gasteiger partial charge in [0.05, 0.1) is 30.4 Å². The van der Waals surface area contributed by atoms with Crippen molar-refractivity contribution in [2.45, 2.75) is 25.0 Å². The fourth-order valence-electron chi connectivity index (χ4n) is 3.81. The molecule has 4 N–H and O–H groups in total. The predicted octanol–water partition coefficient (Wildman–Crippen LogP) is 1.46. The molecular weight excluding hydrogens is 410 g/mol. The minimum Gasteiger partial charge on any atom is -0.496 e. The van der Waals surface area contributed by atoms with E-state index in [1.54, 1.807) is 44.7 Å². The Labute approximate surface area is 188 Å². The number of benzene rings is 1. The van der Waals surface area contributed by atoms with Crippen LogP contribution < -0.4 is 15.4 Å². The number of anilines is 1. The Balaban J connectivity index is 0.00000363. The summed E-state index contributed by atoms with van der Waals surface area (Å²) < 4.78 is 11.0. The van der Waals surface area contributed by atoms with Gasteiger partial charge in [-0.3, -0.25) is 4.79 Å². The van der Waals surface area contributed by atoms with Crippen LogP contribution in [-0.4, -0.2) is 73.8 Å². The number of hydrogen-bond acceptors (Lipinski definition) is 7. The summed E-state index contributed by atoms with van der Waals surface area (Å²) in [5.41, 5.74) is 1.08. The summed E-state index contributed by atoms with van der Waals surface area (Å²) in [7, 11) is 3.24. The van der Waals surface area contributed by atoms with E-state index in [2.05, 4.69) is 26.6 Å². The number of nitriles is 1. The lowest BCUT2D eigenvalue weighted by atomic mass is 10.0. The van der Waals surface area contributed by atoms with Gasteiger partial charge in [-0.1, -0.05) is 12.1 Å². The maximum absolute atomic E-state index is 12.7. The summed E-state index contributed by atoms with van der Waals surface area (Å²) in [6.07, 6.45) is 3.32. The van der Waals surface area contributed by atoms with Crippen molar-refractivity contribution in [3.05, 3.63) is 53.7 Å². The van der Waals surface area contributed by atoms with E-state index in [-0.39, 0.29) is 23.5 Å². The second kappa shape index (κ2) is 12.6. The number of methoxy groups -OCH3 is 2. The highest BCUT2D eigenvalue weighted by atomic mass is 16.5. The molecule has 1 aliphatic heterocycles. The second-order valence-electron chi connectivity index (χ2n) is 7.44. The average Bonchev–Trinajstić information content (AvgIpc) is 2.82. The summed E-state index contributed by atoms with van der Waals surface area (Å²) in [6.45, 7) is 3.26. The number of carbonyl (C=O) groups excluding carboxylic acids is 1. The molecule has 2 heterocycles. The zero-order valence-corrected chi connectivity index (χ0v) is 18.5. The molecule has 9 heteroatoms. The Morgan fingerprint density at radius 1 is 1.28 bits per heavy atom. The van der Waals surface area contributed by atoms with Crippen LogP contribution in [0, 0.1) is 11.3 Å². The molecule has 1 aromatic heterocycles. The Morgan fingerprint density at radius 3 is 2.84 bits per heavy atom. The summed E-state index contributed by atoms with van der Waals surface area (Å²) >= 11 is 0. The Morgan fingerprint density at radius 2 is 2.09 bits per heavy atom. The van der Waals surface area contributed by atoms with E-state index in [1.165, 1.54) is 0 Å². The van der Waals surface area contributed by atoms with Gasteiger partial charge >= 0.3 is 0 Å². The molecule has 32 heavy (non-hydrogen) atoms. The van der Waals surface area contributed by atoms with Gasteiger partial charge in [0.15, 0.2) is 0 Å². The van der Waals surface area contributed by atoms with Crippen molar-refractivity contribution in [1.82, 2.24) is 15.2 Å². The lowest BCUT2D eigenvalue weighted by Gasteiger charge is -2.38. The lowest BCUT2D eigenvalue weighted by Crippen LogP contribution is -2.55. The van der Waals surface area contributed by atoms with E-state index in [4.69, 9.17) is 14.7 Å². The Hall–Kier alpha value is -3.19. The van der Waals surface area contributed by atoms with Crippen molar-refractivity contribution in [3.63, 3.8) is 0 Å². The number of nitrogens with one attached hydrogen (secondary N) is 2.